The van der Waals surface area contributed by atoms with Crippen LogP contribution in [0.5, 0.6) is 0 Å². The Morgan fingerprint density at radius 2 is 1.93 bits per heavy atom. The molecule has 2 heterocycles. The van der Waals surface area contributed by atoms with E-state index in [0.717, 1.165) is 48.2 Å². The van der Waals surface area contributed by atoms with Crippen molar-refractivity contribution in [1.29, 1.82) is 5.53 Å². The van der Waals surface area contributed by atoms with E-state index in [9.17, 15) is 5.11 Å². The summed E-state index contributed by atoms with van der Waals surface area (Å²) in [6.45, 7) is 6.17. The highest BCUT2D eigenvalue weighted by Gasteiger charge is 2.27. The molecule has 3 aliphatic rings. The molecule has 1 aliphatic carbocycles. The Bertz CT molecular complexity index is 985. The number of aryl methyl sites for hydroxylation is 1. The third-order valence-corrected chi connectivity index (χ3v) is 5.93. The van der Waals surface area contributed by atoms with Gasteiger partial charge in [0.25, 0.3) is 0 Å². The lowest BCUT2D eigenvalue weighted by molar-refractivity contribution is 0.207. The summed E-state index contributed by atoms with van der Waals surface area (Å²) in [7, 11) is 0. The molecule has 0 saturated carbocycles. The molecule has 2 aliphatic heterocycles. The minimum Gasteiger partial charge on any atom is -0.368 e. The molecule has 4 rings (SSSR count). The molecule has 0 amide bonds. The molecular weight excluding hydrogens is 400 g/mol. The molecule has 1 unspecified atom stereocenters. The highest BCUT2D eigenvalue weighted by atomic mass is 35.5. The Hall–Kier alpha value is -2.77. The summed E-state index contributed by atoms with van der Waals surface area (Å²) in [6, 6.07) is 6.02. The fraction of sp³-hybridized carbons (Fsp3) is 0.364. The predicted octanol–water partition coefficient (Wildman–Crippen LogP) is 3.74. The second-order valence-corrected chi connectivity index (χ2v) is 7.99. The van der Waals surface area contributed by atoms with Gasteiger partial charge in [-0.3, -0.25) is 4.99 Å². The van der Waals surface area contributed by atoms with Gasteiger partial charge in [0, 0.05) is 54.6 Å². The summed E-state index contributed by atoms with van der Waals surface area (Å²) in [4.78, 5) is 13.5. The van der Waals surface area contributed by atoms with Crippen LogP contribution in [0.4, 0.5) is 5.69 Å². The van der Waals surface area contributed by atoms with Crippen LogP contribution in [-0.2, 0) is 0 Å². The number of nitrogens with one attached hydrogen (secondary N) is 1. The second-order valence-electron chi connectivity index (χ2n) is 7.55. The van der Waals surface area contributed by atoms with Gasteiger partial charge in [0.15, 0.2) is 6.23 Å². The normalized spacial score (nSPS) is 20.2. The largest absolute Gasteiger partial charge is 0.368 e. The zero-order chi connectivity index (χ0) is 21.1. The van der Waals surface area contributed by atoms with Crippen LogP contribution in [-0.4, -0.2) is 61.0 Å². The molecule has 7 nitrogen and oxygen atoms in total. The molecule has 8 heteroatoms. The number of allylic oxidation sites excluding steroid dienone is 3. The first-order valence-corrected chi connectivity index (χ1v) is 10.4. The lowest BCUT2D eigenvalue weighted by atomic mass is 10.0. The van der Waals surface area contributed by atoms with Crippen molar-refractivity contribution in [2.45, 2.75) is 19.6 Å². The van der Waals surface area contributed by atoms with E-state index < -0.39 is 6.23 Å². The number of benzene rings is 1. The number of aliphatic imine (C=N–C) groups is 2. The zero-order valence-electron chi connectivity index (χ0n) is 16.9. The number of rotatable bonds is 4. The molecule has 0 aromatic heterocycles. The van der Waals surface area contributed by atoms with Gasteiger partial charge in [-0.05, 0) is 36.3 Å². The number of hydrogen-bond acceptors (Lipinski definition) is 7. The highest BCUT2D eigenvalue weighted by molar-refractivity contribution is 6.30. The highest BCUT2D eigenvalue weighted by Crippen LogP contribution is 2.30. The summed E-state index contributed by atoms with van der Waals surface area (Å²) in [5.74, 6) is 0. The molecule has 1 aromatic carbocycles. The first-order valence-electron chi connectivity index (χ1n) is 10.0. The van der Waals surface area contributed by atoms with Crippen molar-refractivity contribution in [2.75, 3.05) is 37.6 Å². The van der Waals surface area contributed by atoms with Crippen molar-refractivity contribution < 1.29 is 5.11 Å². The number of aliphatic hydroxyl groups excluding tert-OH is 1. The number of hydrogen-bond donors (Lipinski definition) is 2. The van der Waals surface area contributed by atoms with Gasteiger partial charge >= 0.3 is 0 Å². The second kappa shape index (κ2) is 8.93. The van der Waals surface area contributed by atoms with Gasteiger partial charge in [0.05, 0.1) is 12.3 Å². The minimum absolute atomic E-state index is 0.447. The van der Waals surface area contributed by atoms with Gasteiger partial charge in [-0.2, -0.15) is 5.11 Å². The van der Waals surface area contributed by atoms with Gasteiger partial charge < -0.3 is 14.9 Å². The topological polar surface area (TPSA) is 87.6 Å². The first kappa shape index (κ1) is 20.5. The molecular formula is C22H25ClN6O. The Balaban J connectivity index is 1.58. The standard InChI is InChI=1S/C22H25ClN6O/c1-15-2-4-17(23)13-21(15)29-10-8-28(9-11-29)20-5-3-16(22(30)27-24)12-19-18(20)6-7-25-14-26-19/h2-6,13-14,22,24,30H,7-12H2,1H3. The van der Waals surface area contributed by atoms with E-state index in [-0.39, 0.29) is 0 Å². The van der Waals surface area contributed by atoms with Crippen LogP contribution in [0, 0.1) is 12.5 Å². The van der Waals surface area contributed by atoms with Crippen molar-refractivity contribution in [3.05, 3.63) is 63.9 Å². The van der Waals surface area contributed by atoms with E-state index in [1.54, 1.807) is 6.34 Å². The Labute approximate surface area is 181 Å². The summed E-state index contributed by atoms with van der Waals surface area (Å²) in [6.07, 6.45) is 6.85. The molecule has 30 heavy (non-hydrogen) atoms. The zero-order valence-corrected chi connectivity index (χ0v) is 17.7. The average molecular weight is 425 g/mol. The SMILES string of the molecule is Cc1ccc(Cl)cc1N1CCN(C2=CC=C(C(O)N=N)CC3=NC=NCC=C23)CC1. The molecule has 1 atom stereocenters. The van der Waals surface area contributed by atoms with Crippen molar-refractivity contribution in [3.8, 4) is 0 Å². The number of halogens is 1. The van der Waals surface area contributed by atoms with Gasteiger partial charge in [0.1, 0.15) is 6.34 Å². The smallest absolute Gasteiger partial charge is 0.188 e. The van der Waals surface area contributed by atoms with Crippen molar-refractivity contribution in [2.24, 2.45) is 15.1 Å². The molecule has 156 valence electrons. The maximum Gasteiger partial charge on any atom is 0.188 e. The van der Waals surface area contributed by atoms with Crippen molar-refractivity contribution in [1.82, 2.24) is 4.90 Å². The lowest BCUT2D eigenvalue weighted by Gasteiger charge is -2.39. The van der Waals surface area contributed by atoms with Gasteiger partial charge in [-0.1, -0.05) is 29.8 Å². The fourth-order valence-electron chi connectivity index (χ4n) is 4.06. The average Bonchev–Trinajstić information content (AvgIpc) is 3.09. The van der Waals surface area contributed by atoms with E-state index in [2.05, 4.69) is 44.0 Å². The van der Waals surface area contributed by atoms with Crippen LogP contribution in [0.25, 0.3) is 0 Å². The fourth-order valence-corrected chi connectivity index (χ4v) is 4.22. The van der Waals surface area contributed by atoms with Crippen LogP contribution in [0.15, 0.2) is 68.4 Å². The van der Waals surface area contributed by atoms with Crippen LogP contribution in [0.1, 0.15) is 12.0 Å². The summed E-state index contributed by atoms with van der Waals surface area (Å²) in [5.41, 5.74) is 13.2. The molecule has 0 spiro atoms. The molecule has 0 radical (unpaired) electrons. The van der Waals surface area contributed by atoms with Crippen molar-refractivity contribution in [3.63, 3.8) is 0 Å². The van der Waals surface area contributed by atoms with Crippen LogP contribution >= 0.6 is 11.6 Å². The lowest BCUT2D eigenvalue weighted by Crippen LogP contribution is -2.46. The molecule has 1 saturated heterocycles. The third-order valence-electron chi connectivity index (χ3n) is 5.70. The monoisotopic (exact) mass is 424 g/mol. The maximum absolute atomic E-state index is 10.1. The van der Waals surface area contributed by atoms with Gasteiger partial charge in [-0.25, -0.2) is 10.5 Å². The third kappa shape index (κ3) is 4.22. The summed E-state index contributed by atoms with van der Waals surface area (Å²) >= 11 is 6.22. The van der Waals surface area contributed by atoms with Crippen LogP contribution < -0.4 is 4.90 Å². The Morgan fingerprint density at radius 1 is 1.17 bits per heavy atom. The molecule has 1 aromatic rings. The molecule has 2 N–H and O–H groups in total. The van der Waals surface area contributed by atoms with Gasteiger partial charge in [0.2, 0.25) is 0 Å². The maximum atomic E-state index is 10.1. The van der Waals surface area contributed by atoms with Crippen LogP contribution in [0.2, 0.25) is 5.02 Å². The van der Waals surface area contributed by atoms with E-state index in [1.807, 2.05) is 24.3 Å². The number of anilines is 1. The van der Waals surface area contributed by atoms with Gasteiger partial charge in [-0.15, -0.1) is 0 Å². The summed E-state index contributed by atoms with van der Waals surface area (Å²) in [5, 5.41) is 14.1. The van der Waals surface area contributed by atoms with E-state index in [1.165, 1.54) is 11.3 Å². The van der Waals surface area contributed by atoms with E-state index in [0.29, 0.717) is 18.5 Å². The number of piperazine rings is 1. The summed E-state index contributed by atoms with van der Waals surface area (Å²) < 4.78 is 0. The number of nitrogens with zero attached hydrogens (tertiary/aromatic N) is 5. The Morgan fingerprint density at radius 3 is 2.70 bits per heavy atom. The van der Waals surface area contributed by atoms with E-state index >= 15 is 0 Å². The quantitative estimate of drug-likeness (QED) is 0.721. The van der Waals surface area contributed by atoms with E-state index in [4.69, 9.17) is 17.1 Å². The van der Waals surface area contributed by atoms with Crippen molar-refractivity contribution >= 4 is 29.3 Å². The number of aliphatic hydroxyl groups is 1. The molecule has 0 bridgehead atoms. The predicted molar refractivity (Wildman–Crippen MR) is 121 cm³/mol. The Kier molecular flexibility index (Phi) is 6.11. The first-order chi connectivity index (χ1) is 14.6. The number of fused-ring (bicyclic) bond motifs is 1. The van der Waals surface area contributed by atoms with Crippen LogP contribution in [0.3, 0.4) is 0 Å². The minimum atomic E-state index is -1.15. The molecule has 1 fully saturated rings.